The van der Waals surface area contributed by atoms with E-state index in [9.17, 15) is 14.0 Å². The van der Waals surface area contributed by atoms with Gasteiger partial charge in [0.25, 0.3) is 5.91 Å². The highest BCUT2D eigenvalue weighted by molar-refractivity contribution is 6.11. The fraction of sp³-hybridized carbons (Fsp3) is 0.324. The number of methoxy groups -OCH3 is 2. The quantitative estimate of drug-likeness (QED) is 0.136. The summed E-state index contributed by atoms with van der Waals surface area (Å²) in [4.78, 5) is 33.4. The van der Waals surface area contributed by atoms with Crippen LogP contribution in [0.25, 0.3) is 27.7 Å². The molecule has 1 saturated carbocycles. The van der Waals surface area contributed by atoms with E-state index in [1.165, 1.54) is 0 Å². The van der Waals surface area contributed by atoms with Crippen molar-refractivity contribution in [3.63, 3.8) is 0 Å². The van der Waals surface area contributed by atoms with Gasteiger partial charge < -0.3 is 34.0 Å². The summed E-state index contributed by atoms with van der Waals surface area (Å²) in [6.07, 6.45) is 5.21. The van der Waals surface area contributed by atoms with Crippen LogP contribution in [0, 0.1) is 11.6 Å². The fourth-order valence-electron chi connectivity index (χ4n) is 6.68. The number of aryl methyl sites for hydroxylation is 1. The number of ketones is 1. The molecule has 260 valence electrons. The molecular weight excluding hydrogens is 649 g/mol. The molecule has 0 bridgehead atoms. The number of ether oxygens (including phenoxy) is 2. The summed E-state index contributed by atoms with van der Waals surface area (Å²) in [5, 5.41) is 5.06. The Balaban J connectivity index is 1.26. The van der Waals surface area contributed by atoms with Crippen LogP contribution >= 0.6 is 0 Å². The molecule has 1 fully saturated rings. The van der Waals surface area contributed by atoms with Gasteiger partial charge in [0.15, 0.2) is 5.83 Å². The Morgan fingerprint density at radius 2 is 1.84 bits per heavy atom. The Bertz CT molecular complexity index is 2210. The Morgan fingerprint density at radius 1 is 1.10 bits per heavy atom. The average molecular weight is 687 g/mol. The topological polar surface area (TPSA) is 102 Å². The van der Waals surface area contributed by atoms with Crippen molar-refractivity contribution in [2.45, 2.75) is 38.3 Å². The first-order chi connectivity index (χ1) is 23.9. The molecule has 5 aromatic rings. The normalized spacial score (nSPS) is 15.2. The van der Waals surface area contributed by atoms with Crippen LogP contribution in [-0.2, 0) is 29.6 Å². The van der Waals surface area contributed by atoms with E-state index < -0.39 is 34.8 Å². The van der Waals surface area contributed by atoms with Gasteiger partial charge in [-0.2, -0.15) is 0 Å². The molecule has 2 aromatic carbocycles. The van der Waals surface area contributed by atoms with Crippen molar-refractivity contribution in [2.75, 3.05) is 44.6 Å². The SMILES string of the molecule is COCc1nc2c3c(c(OC)cc2n1C)-c1cccn2c(C(=O)c4cc(F)c(NC(=O)/C(F)=C/CNC5(C)CC5)c(F)c4)cc(c12)CCN3C. The maximum absolute atomic E-state index is 15.3. The van der Waals surface area contributed by atoms with Crippen molar-refractivity contribution in [3.05, 3.63) is 88.8 Å². The molecule has 3 aromatic heterocycles. The zero-order valence-corrected chi connectivity index (χ0v) is 28.4. The minimum absolute atomic E-state index is 0.0770. The molecule has 4 heterocycles. The van der Waals surface area contributed by atoms with Crippen molar-refractivity contribution < 1.29 is 32.2 Å². The first-order valence-corrected chi connectivity index (χ1v) is 16.3. The van der Waals surface area contributed by atoms with Gasteiger partial charge in [0.2, 0.25) is 5.78 Å². The number of halogens is 3. The number of hydrogen-bond donors (Lipinski definition) is 2. The van der Waals surface area contributed by atoms with Crippen molar-refractivity contribution in [1.82, 2.24) is 19.3 Å². The predicted octanol–water partition coefficient (Wildman–Crippen LogP) is 6.08. The number of benzene rings is 2. The lowest BCUT2D eigenvalue weighted by Crippen LogP contribution is -2.28. The zero-order valence-electron chi connectivity index (χ0n) is 28.4. The Morgan fingerprint density at radius 3 is 2.52 bits per heavy atom. The third-order valence-electron chi connectivity index (χ3n) is 9.74. The number of hydrogen-bond acceptors (Lipinski definition) is 7. The van der Waals surface area contributed by atoms with Crippen LogP contribution in [0.1, 0.15) is 47.2 Å². The van der Waals surface area contributed by atoms with Gasteiger partial charge >= 0.3 is 0 Å². The molecule has 0 saturated heterocycles. The van der Waals surface area contributed by atoms with Crippen molar-refractivity contribution in [2.24, 2.45) is 7.05 Å². The van der Waals surface area contributed by atoms with Gasteiger partial charge in [0.05, 0.1) is 35.1 Å². The molecule has 1 aliphatic heterocycles. The Labute approximate surface area is 286 Å². The summed E-state index contributed by atoms with van der Waals surface area (Å²) in [6.45, 7) is 2.98. The van der Waals surface area contributed by atoms with E-state index in [4.69, 9.17) is 14.5 Å². The third-order valence-corrected chi connectivity index (χ3v) is 9.74. The predicted molar refractivity (Wildman–Crippen MR) is 185 cm³/mol. The molecule has 0 atom stereocenters. The standard InChI is InChI=1S/C37H37F3N6O4/c1-37(10-11-37)41-12-8-23(38)36(48)43-31-24(39)15-21(16-25(31)40)35(47)27-17-20-9-14-44(2)34-30(22-7-6-13-46(27)33(20)22)28(50-5)18-26-32(34)42-29(19-49-4)45(26)3/h6-8,13,15-18,41H,9-12,14,19H2,1-5H3,(H,43,48)/b23-8-. The van der Waals surface area contributed by atoms with E-state index in [2.05, 4.69) is 10.2 Å². The second kappa shape index (κ2) is 12.6. The summed E-state index contributed by atoms with van der Waals surface area (Å²) < 4.78 is 60.1. The molecule has 1 amide bonds. The second-order valence-corrected chi connectivity index (χ2v) is 13.1. The number of amides is 1. The van der Waals surface area contributed by atoms with Crippen LogP contribution in [0.2, 0.25) is 0 Å². The number of nitrogens with zero attached hydrogens (tertiary/aromatic N) is 4. The number of likely N-dealkylation sites (N-methyl/N-ethyl adjacent to an activating group) is 1. The molecule has 0 spiro atoms. The average Bonchev–Trinajstić information content (AvgIpc) is 3.59. The van der Waals surface area contributed by atoms with E-state index in [-0.39, 0.29) is 23.3 Å². The van der Waals surface area contributed by atoms with Gasteiger partial charge in [-0.05, 0) is 62.1 Å². The van der Waals surface area contributed by atoms with Crippen molar-refractivity contribution in [1.29, 1.82) is 0 Å². The van der Waals surface area contributed by atoms with Crippen LogP contribution in [0.5, 0.6) is 5.75 Å². The maximum Gasteiger partial charge on any atom is 0.284 e. The number of aromatic nitrogens is 3. The van der Waals surface area contributed by atoms with Crippen LogP contribution in [-0.4, -0.2) is 65.5 Å². The van der Waals surface area contributed by atoms with Gasteiger partial charge in [0.1, 0.15) is 41.0 Å². The van der Waals surface area contributed by atoms with E-state index in [0.29, 0.717) is 25.3 Å². The van der Waals surface area contributed by atoms with Gasteiger partial charge in [-0.1, -0.05) is 6.07 Å². The summed E-state index contributed by atoms with van der Waals surface area (Å²) in [6, 6.07) is 9.12. The summed E-state index contributed by atoms with van der Waals surface area (Å²) in [5.41, 5.74) is 4.76. The van der Waals surface area contributed by atoms with Gasteiger partial charge in [0, 0.05) is 63.2 Å². The molecule has 13 heteroatoms. The molecule has 2 N–H and O–H groups in total. The highest BCUT2D eigenvalue weighted by Gasteiger charge is 2.36. The number of anilines is 2. The minimum Gasteiger partial charge on any atom is -0.496 e. The maximum atomic E-state index is 15.3. The first-order valence-electron chi connectivity index (χ1n) is 16.3. The highest BCUT2D eigenvalue weighted by atomic mass is 19.1. The number of pyridine rings is 1. The molecule has 7 rings (SSSR count). The van der Waals surface area contributed by atoms with Gasteiger partial charge in [-0.3, -0.25) is 9.59 Å². The molecule has 50 heavy (non-hydrogen) atoms. The van der Waals surface area contributed by atoms with Gasteiger partial charge in [-0.25, -0.2) is 18.2 Å². The summed E-state index contributed by atoms with van der Waals surface area (Å²) in [5.74, 6) is -4.13. The minimum atomic E-state index is -1.29. The van der Waals surface area contributed by atoms with Crippen LogP contribution in [0.3, 0.4) is 0 Å². The Kier molecular flexibility index (Phi) is 8.43. The first kappa shape index (κ1) is 33.4. The highest BCUT2D eigenvalue weighted by Crippen LogP contribution is 2.47. The number of carbonyl (C=O) groups excluding carboxylic acids is 2. The lowest BCUT2D eigenvalue weighted by Gasteiger charge is -2.27. The lowest BCUT2D eigenvalue weighted by molar-refractivity contribution is -0.114. The smallest absolute Gasteiger partial charge is 0.284 e. The van der Waals surface area contributed by atoms with Gasteiger partial charge in [-0.15, -0.1) is 0 Å². The number of imidazole rings is 1. The summed E-state index contributed by atoms with van der Waals surface area (Å²) >= 11 is 0. The lowest BCUT2D eigenvalue weighted by atomic mass is 9.96. The Hall–Kier alpha value is -5.14. The molecule has 0 unspecified atom stereocenters. The van der Waals surface area contributed by atoms with Crippen molar-refractivity contribution in [3.8, 4) is 16.9 Å². The van der Waals surface area contributed by atoms with Crippen molar-refractivity contribution >= 4 is 39.6 Å². The van der Waals surface area contributed by atoms with E-state index in [1.807, 2.05) is 43.0 Å². The number of rotatable bonds is 10. The zero-order chi connectivity index (χ0) is 35.5. The molecular formula is C37H37F3N6O4. The summed E-state index contributed by atoms with van der Waals surface area (Å²) in [7, 11) is 7.13. The van der Waals surface area contributed by atoms with Crippen LogP contribution in [0.15, 0.2) is 54.5 Å². The third kappa shape index (κ3) is 5.69. The van der Waals surface area contributed by atoms with Crippen LogP contribution < -0.4 is 20.3 Å². The number of fused-ring (bicyclic) bond motifs is 4. The molecule has 2 aliphatic rings. The molecule has 10 nitrogen and oxygen atoms in total. The molecule has 1 aliphatic carbocycles. The fourth-order valence-corrected chi connectivity index (χ4v) is 6.68. The molecule has 0 radical (unpaired) electrons. The van der Waals surface area contributed by atoms with E-state index in [1.54, 1.807) is 36.9 Å². The second-order valence-electron chi connectivity index (χ2n) is 13.1. The van der Waals surface area contributed by atoms with Crippen LogP contribution in [0.4, 0.5) is 24.5 Å². The van der Waals surface area contributed by atoms with E-state index >= 15 is 8.78 Å². The largest absolute Gasteiger partial charge is 0.496 e. The number of nitrogens with one attached hydrogen (secondary N) is 2. The van der Waals surface area contributed by atoms with E-state index in [0.717, 1.165) is 75.8 Å². The number of carbonyl (C=O) groups is 2. The monoisotopic (exact) mass is 686 g/mol.